The van der Waals surface area contributed by atoms with Crippen LogP contribution in [0.3, 0.4) is 0 Å². The van der Waals surface area contributed by atoms with Gasteiger partial charge < -0.3 is 0 Å². The normalized spacial score (nSPS) is 13.2. The average Bonchev–Trinajstić information content (AvgIpc) is 2.90. The first-order valence-electron chi connectivity index (χ1n) is 6.50. The molecule has 0 spiro atoms. The number of carbonyl (C=O) groups is 1. The van der Waals surface area contributed by atoms with Crippen LogP contribution in [0.1, 0.15) is 27.9 Å². The van der Waals surface area contributed by atoms with Gasteiger partial charge in [0.15, 0.2) is 5.78 Å². The van der Waals surface area contributed by atoms with E-state index >= 15 is 0 Å². The van der Waals surface area contributed by atoms with E-state index in [4.69, 9.17) is 11.6 Å². The van der Waals surface area contributed by atoms with Crippen LogP contribution in [0.15, 0.2) is 35.4 Å². The predicted molar refractivity (Wildman–Crippen MR) is 76.3 cm³/mol. The van der Waals surface area contributed by atoms with Gasteiger partial charge in [-0.15, -0.1) is 0 Å². The maximum absolute atomic E-state index is 12.2. The van der Waals surface area contributed by atoms with Crippen molar-refractivity contribution in [3.63, 3.8) is 0 Å². The highest BCUT2D eigenvalue weighted by Gasteiger charge is 2.14. The third-order valence-electron chi connectivity index (χ3n) is 3.56. The van der Waals surface area contributed by atoms with E-state index in [0.717, 1.165) is 19.3 Å². The first kappa shape index (κ1) is 13.1. The van der Waals surface area contributed by atoms with Crippen molar-refractivity contribution >= 4 is 17.4 Å². The minimum Gasteiger partial charge on any atom is -0.292 e. The number of aromatic nitrogens is 2. The average molecular weight is 289 g/mol. The minimum atomic E-state index is -0.469. The molecule has 102 valence electrons. The lowest BCUT2D eigenvalue weighted by molar-refractivity contribution is 0.0970. The fraction of sp³-hybridized carbons (Fsp3) is 0.267. The van der Waals surface area contributed by atoms with Crippen LogP contribution in [0.2, 0.25) is 5.02 Å². The summed E-state index contributed by atoms with van der Waals surface area (Å²) in [6.07, 6.45) is 5.96. The molecular weight excluding hydrogens is 276 g/mol. The number of hydrogen-bond acceptors (Lipinski definition) is 3. The van der Waals surface area contributed by atoms with Crippen LogP contribution in [0.5, 0.6) is 0 Å². The molecule has 20 heavy (non-hydrogen) atoms. The van der Waals surface area contributed by atoms with Gasteiger partial charge >= 0.3 is 5.69 Å². The lowest BCUT2D eigenvalue weighted by Crippen LogP contribution is -2.25. The highest BCUT2D eigenvalue weighted by Crippen LogP contribution is 2.23. The second-order valence-corrected chi connectivity index (χ2v) is 5.38. The lowest BCUT2D eigenvalue weighted by Gasteiger charge is -2.06. The summed E-state index contributed by atoms with van der Waals surface area (Å²) in [4.78, 5) is 27.4. The number of carbonyl (C=O) groups excluding carboxylic acids is 1. The molecule has 0 unspecified atom stereocenters. The Labute approximate surface area is 121 Å². The fourth-order valence-electron chi connectivity index (χ4n) is 2.53. The van der Waals surface area contributed by atoms with Gasteiger partial charge in [-0.25, -0.2) is 9.78 Å². The highest BCUT2D eigenvalue weighted by molar-refractivity contribution is 6.30. The van der Waals surface area contributed by atoms with E-state index < -0.39 is 5.69 Å². The first-order valence-corrected chi connectivity index (χ1v) is 6.88. The van der Waals surface area contributed by atoms with Gasteiger partial charge in [0.05, 0.1) is 17.8 Å². The van der Waals surface area contributed by atoms with E-state index in [1.807, 2.05) is 18.2 Å². The fourth-order valence-corrected chi connectivity index (χ4v) is 2.70. The third kappa shape index (κ3) is 2.51. The van der Waals surface area contributed by atoms with Crippen molar-refractivity contribution in [1.82, 2.24) is 9.55 Å². The van der Waals surface area contributed by atoms with Gasteiger partial charge in [-0.3, -0.25) is 9.36 Å². The number of benzene rings is 1. The van der Waals surface area contributed by atoms with Gasteiger partial charge in [0.2, 0.25) is 0 Å². The zero-order chi connectivity index (χ0) is 14.1. The number of Topliss-reactive ketones (excluding diaryl/α,β-unsaturated/α-hetero) is 1. The highest BCUT2D eigenvalue weighted by atomic mass is 35.5. The summed E-state index contributed by atoms with van der Waals surface area (Å²) in [5, 5.41) is 0.339. The van der Waals surface area contributed by atoms with Crippen molar-refractivity contribution < 1.29 is 4.79 Å². The largest absolute Gasteiger partial charge is 0.348 e. The van der Waals surface area contributed by atoms with Crippen LogP contribution in [0, 0.1) is 0 Å². The molecule has 3 rings (SSSR count). The number of aryl methyl sites for hydroxylation is 2. The standard InChI is InChI=1S/C15H13ClN2O2/c16-13-7-17-15(20)18(8-13)9-14(19)12-5-4-10-2-1-3-11(10)6-12/h4-8H,1-3,9H2. The van der Waals surface area contributed by atoms with Crippen molar-refractivity contribution in [3.8, 4) is 0 Å². The van der Waals surface area contributed by atoms with E-state index in [9.17, 15) is 9.59 Å². The second-order valence-electron chi connectivity index (χ2n) is 4.94. The monoisotopic (exact) mass is 288 g/mol. The number of nitrogens with zero attached hydrogens (tertiary/aromatic N) is 2. The van der Waals surface area contributed by atoms with Gasteiger partial charge in [-0.05, 0) is 36.5 Å². The maximum Gasteiger partial charge on any atom is 0.348 e. The second kappa shape index (κ2) is 5.21. The topological polar surface area (TPSA) is 52.0 Å². The molecule has 4 nitrogen and oxygen atoms in total. The van der Waals surface area contributed by atoms with E-state index in [-0.39, 0.29) is 12.3 Å². The van der Waals surface area contributed by atoms with Crippen molar-refractivity contribution in [2.45, 2.75) is 25.8 Å². The van der Waals surface area contributed by atoms with Crippen LogP contribution in [0.4, 0.5) is 0 Å². The lowest BCUT2D eigenvalue weighted by atomic mass is 10.0. The van der Waals surface area contributed by atoms with E-state index in [1.165, 1.54) is 28.1 Å². The molecule has 0 saturated carbocycles. The Bertz CT molecular complexity index is 737. The van der Waals surface area contributed by atoms with Crippen molar-refractivity contribution in [2.24, 2.45) is 0 Å². The van der Waals surface area contributed by atoms with E-state index in [2.05, 4.69) is 4.98 Å². The van der Waals surface area contributed by atoms with Gasteiger partial charge in [-0.1, -0.05) is 23.7 Å². The Morgan fingerprint density at radius 3 is 2.95 bits per heavy atom. The van der Waals surface area contributed by atoms with Gasteiger partial charge in [-0.2, -0.15) is 0 Å². The molecule has 1 aromatic heterocycles. The molecule has 0 saturated heterocycles. The van der Waals surface area contributed by atoms with Crippen molar-refractivity contribution in [2.75, 3.05) is 0 Å². The molecule has 0 amide bonds. The van der Waals surface area contributed by atoms with Crippen molar-refractivity contribution in [3.05, 3.63) is 62.8 Å². The third-order valence-corrected chi connectivity index (χ3v) is 3.75. The Morgan fingerprint density at radius 1 is 1.30 bits per heavy atom. The smallest absolute Gasteiger partial charge is 0.292 e. The summed E-state index contributed by atoms with van der Waals surface area (Å²) in [7, 11) is 0. The molecule has 0 aliphatic heterocycles. The quantitative estimate of drug-likeness (QED) is 0.814. The SMILES string of the molecule is O=C(Cn1cc(Cl)cnc1=O)c1ccc2c(c1)CCC2. The Hall–Kier alpha value is -1.94. The number of ketones is 1. The van der Waals surface area contributed by atoms with E-state index in [0.29, 0.717) is 10.6 Å². The number of fused-ring (bicyclic) bond motifs is 1. The number of hydrogen-bond donors (Lipinski definition) is 0. The minimum absolute atomic E-state index is 0.0365. The molecule has 1 aliphatic carbocycles. The number of rotatable bonds is 3. The Kier molecular flexibility index (Phi) is 3.40. The van der Waals surface area contributed by atoms with Crippen LogP contribution < -0.4 is 5.69 Å². The molecule has 0 N–H and O–H groups in total. The molecule has 0 bridgehead atoms. The molecule has 2 aromatic rings. The van der Waals surface area contributed by atoms with Crippen molar-refractivity contribution in [1.29, 1.82) is 0 Å². The van der Waals surface area contributed by atoms with Gasteiger partial charge in [0.25, 0.3) is 0 Å². The maximum atomic E-state index is 12.2. The molecule has 0 atom stereocenters. The summed E-state index contributed by atoms with van der Waals surface area (Å²) >= 11 is 5.79. The van der Waals surface area contributed by atoms with Crippen LogP contribution >= 0.6 is 11.6 Å². The van der Waals surface area contributed by atoms with Crippen LogP contribution in [-0.2, 0) is 19.4 Å². The van der Waals surface area contributed by atoms with Crippen LogP contribution in [-0.4, -0.2) is 15.3 Å². The predicted octanol–water partition coefficient (Wildman–Crippen LogP) is 2.27. The Balaban J connectivity index is 1.86. The summed E-state index contributed by atoms with van der Waals surface area (Å²) in [5.41, 5.74) is 2.73. The van der Waals surface area contributed by atoms with E-state index in [1.54, 1.807) is 0 Å². The molecule has 0 radical (unpaired) electrons. The molecule has 1 aliphatic rings. The summed E-state index contributed by atoms with van der Waals surface area (Å²) in [6.45, 7) is -0.0365. The zero-order valence-corrected chi connectivity index (χ0v) is 11.6. The first-order chi connectivity index (χ1) is 9.63. The summed E-state index contributed by atoms with van der Waals surface area (Å²) in [5.74, 6) is -0.106. The van der Waals surface area contributed by atoms with Crippen LogP contribution in [0.25, 0.3) is 0 Å². The Morgan fingerprint density at radius 2 is 2.10 bits per heavy atom. The molecular formula is C15H13ClN2O2. The molecule has 1 heterocycles. The summed E-state index contributed by atoms with van der Waals surface area (Å²) in [6, 6.07) is 5.78. The van der Waals surface area contributed by atoms with Gasteiger partial charge in [0, 0.05) is 11.8 Å². The molecule has 5 heteroatoms. The zero-order valence-electron chi connectivity index (χ0n) is 10.8. The van der Waals surface area contributed by atoms with Gasteiger partial charge in [0.1, 0.15) is 0 Å². The molecule has 1 aromatic carbocycles. The summed E-state index contributed by atoms with van der Waals surface area (Å²) < 4.78 is 1.23. The molecule has 0 fully saturated rings. The number of halogens is 1.